The summed E-state index contributed by atoms with van der Waals surface area (Å²) in [6, 6.07) is 0. The number of hydrogen-bond donors (Lipinski definition) is 2. The summed E-state index contributed by atoms with van der Waals surface area (Å²) < 4.78 is 0. The average molecular weight is 232 g/mol. The van der Waals surface area contributed by atoms with Crippen LogP contribution < -0.4 is 0 Å². The third kappa shape index (κ3) is 10.4. The van der Waals surface area contributed by atoms with Gasteiger partial charge in [-0.05, 0) is 31.6 Å². The van der Waals surface area contributed by atoms with Crippen LogP contribution in [-0.2, 0) is 0 Å². The Kier molecular flexibility index (Phi) is 8.33. The Morgan fingerprint density at radius 1 is 1.00 bits per heavy atom. The smallest absolute Gasteiger partial charge is 0.0614 e. The van der Waals surface area contributed by atoms with E-state index in [4.69, 9.17) is 5.11 Å². The van der Waals surface area contributed by atoms with Crippen molar-refractivity contribution in [3.8, 4) is 0 Å². The minimum atomic E-state index is -0.500. The Hall–Kier alpha value is -0.0800. The highest BCUT2D eigenvalue weighted by atomic mass is 16.3. The summed E-state index contributed by atoms with van der Waals surface area (Å²) in [4.78, 5) is 0. The van der Waals surface area contributed by atoms with E-state index in [0.29, 0.717) is 5.92 Å². The summed E-state index contributed by atoms with van der Waals surface area (Å²) in [5.41, 5.74) is -0.435. The first-order valence-electron chi connectivity index (χ1n) is 6.33. The van der Waals surface area contributed by atoms with E-state index < -0.39 is 5.60 Å². The molecule has 2 N–H and O–H groups in total. The molecule has 0 aromatic heterocycles. The van der Waals surface area contributed by atoms with Crippen molar-refractivity contribution in [1.82, 2.24) is 0 Å². The maximum Gasteiger partial charge on any atom is 0.0614 e. The topological polar surface area (TPSA) is 40.5 Å². The fraction of sp³-hybridized carbons (Fsp3) is 1.00. The summed E-state index contributed by atoms with van der Waals surface area (Å²) in [6.45, 7) is 15.9. The monoisotopic (exact) mass is 232 g/mol. The molecule has 0 bridgehead atoms. The van der Waals surface area contributed by atoms with Gasteiger partial charge in [0, 0.05) is 0 Å². The minimum Gasteiger partial charge on any atom is -0.393 e. The van der Waals surface area contributed by atoms with Gasteiger partial charge >= 0.3 is 0 Å². The second-order valence-electron chi connectivity index (χ2n) is 6.48. The summed E-state index contributed by atoms with van der Waals surface area (Å²) in [6.07, 6.45) is 1.85. The molecule has 1 atom stereocenters. The predicted octanol–water partition coefficient (Wildman–Crippen LogP) is 3.61. The summed E-state index contributed by atoms with van der Waals surface area (Å²) in [7, 11) is 0. The number of hydrogen-bond acceptors (Lipinski definition) is 2. The van der Waals surface area contributed by atoms with Crippen LogP contribution in [0.5, 0.6) is 0 Å². The van der Waals surface area contributed by atoms with Gasteiger partial charge in [-0.2, -0.15) is 0 Å². The van der Waals surface area contributed by atoms with Crippen LogP contribution in [0.3, 0.4) is 0 Å². The standard InChI is InChI=1S/C8H18O.C6H14O/c1-5-6-7(9)8(2,3)4;1-5(2)6(3,4)7/h7,9H,5-6H2,1-4H3;5,7H,1-4H3. The quantitative estimate of drug-likeness (QED) is 0.780. The average Bonchev–Trinajstić information content (AvgIpc) is 2.02. The van der Waals surface area contributed by atoms with E-state index in [-0.39, 0.29) is 11.5 Å². The van der Waals surface area contributed by atoms with Crippen molar-refractivity contribution in [1.29, 1.82) is 0 Å². The lowest BCUT2D eigenvalue weighted by molar-refractivity contribution is 0.0327. The van der Waals surface area contributed by atoms with Crippen LogP contribution in [0.4, 0.5) is 0 Å². The van der Waals surface area contributed by atoms with Crippen molar-refractivity contribution in [3.05, 3.63) is 0 Å². The van der Waals surface area contributed by atoms with Crippen LogP contribution in [0.1, 0.15) is 68.2 Å². The first-order valence-corrected chi connectivity index (χ1v) is 6.33. The summed E-state index contributed by atoms with van der Waals surface area (Å²) in [5.74, 6) is 0.354. The van der Waals surface area contributed by atoms with E-state index >= 15 is 0 Å². The maximum absolute atomic E-state index is 9.39. The molecule has 0 saturated carbocycles. The van der Waals surface area contributed by atoms with E-state index in [1.807, 2.05) is 27.7 Å². The third-order valence-electron chi connectivity index (χ3n) is 2.97. The van der Waals surface area contributed by atoms with Gasteiger partial charge in [0.25, 0.3) is 0 Å². The summed E-state index contributed by atoms with van der Waals surface area (Å²) in [5, 5.41) is 18.5. The van der Waals surface area contributed by atoms with Crippen LogP contribution in [-0.4, -0.2) is 21.9 Å². The van der Waals surface area contributed by atoms with E-state index in [1.165, 1.54) is 0 Å². The van der Waals surface area contributed by atoms with E-state index in [0.717, 1.165) is 12.8 Å². The molecule has 0 spiro atoms. The van der Waals surface area contributed by atoms with Crippen molar-refractivity contribution in [2.24, 2.45) is 11.3 Å². The van der Waals surface area contributed by atoms with Gasteiger partial charge in [-0.15, -0.1) is 0 Å². The first-order chi connectivity index (χ1) is 6.92. The Morgan fingerprint density at radius 2 is 1.31 bits per heavy atom. The van der Waals surface area contributed by atoms with Gasteiger partial charge in [0.2, 0.25) is 0 Å². The first kappa shape index (κ1) is 18.3. The molecule has 0 aromatic rings. The molecule has 0 aliphatic carbocycles. The SMILES string of the molecule is CC(C)C(C)(C)O.CCCC(O)C(C)(C)C. The molecule has 100 valence electrons. The predicted molar refractivity (Wildman–Crippen MR) is 71.5 cm³/mol. The molecule has 0 fully saturated rings. The molecule has 16 heavy (non-hydrogen) atoms. The minimum absolute atomic E-state index is 0.0655. The lowest BCUT2D eigenvalue weighted by atomic mass is 9.87. The zero-order valence-corrected chi connectivity index (χ0v) is 12.5. The highest BCUT2D eigenvalue weighted by molar-refractivity contribution is 4.71. The van der Waals surface area contributed by atoms with Gasteiger partial charge in [-0.1, -0.05) is 48.0 Å². The molecule has 0 saturated heterocycles. The van der Waals surface area contributed by atoms with Crippen molar-refractivity contribution in [2.45, 2.75) is 79.9 Å². The fourth-order valence-corrected chi connectivity index (χ4v) is 0.706. The van der Waals surface area contributed by atoms with Gasteiger partial charge in [0.15, 0.2) is 0 Å². The molecule has 0 aliphatic rings. The lowest BCUT2D eigenvalue weighted by Gasteiger charge is -2.25. The second-order valence-corrected chi connectivity index (χ2v) is 6.48. The normalized spacial score (nSPS) is 14.4. The number of rotatable bonds is 3. The molecule has 0 aliphatic heterocycles. The third-order valence-corrected chi connectivity index (χ3v) is 2.97. The largest absolute Gasteiger partial charge is 0.393 e. The van der Waals surface area contributed by atoms with Crippen molar-refractivity contribution >= 4 is 0 Å². The molecule has 2 nitrogen and oxygen atoms in total. The van der Waals surface area contributed by atoms with Gasteiger partial charge in [-0.3, -0.25) is 0 Å². The zero-order chi connectivity index (χ0) is 13.6. The Labute approximate surface area is 102 Å². The van der Waals surface area contributed by atoms with Crippen molar-refractivity contribution in [2.75, 3.05) is 0 Å². The van der Waals surface area contributed by atoms with Crippen LogP contribution >= 0.6 is 0 Å². The molecule has 1 unspecified atom stereocenters. The number of aliphatic hydroxyl groups excluding tert-OH is 1. The second kappa shape index (κ2) is 7.29. The molecule has 2 heteroatoms. The van der Waals surface area contributed by atoms with Crippen molar-refractivity contribution in [3.63, 3.8) is 0 Å². The van der Waals surface area contributed by atoms with Crippen molar-refractivity contribution < 1.29 is 10.2 Å². The molecule has 0 rings (SSSR count). The van der Waals surface area contributed by atoms with Gasteiger partial charge < -0.3 is 10.2 Å². The summed E-state index contributed by atoms with van der Waals surface area (Å²) >= 11 is 0. The van der Waals surface area contributed by atoms with Gasteiger partial charge in [0.05, 0.1) is 11.7 Å². The van der Waals surface area contributed by atoms with Crippen LogP contribution in [0.25, 0.3) is 0 Å². The van der Waals surface area contributed by atoms with Crippen LogP contribution in [0, 0.1) is 11.3 Å². The van der Waals surface area contributed by atoms with Crippen LogP contribution in [0.2, 0.25) is 0 Å². The molecular weight excluding hydrogens is 200 g/mol. The van der Waals surface area contributed by atoms with E-state index in [1.54, 1.807) is 0 Å². The molecule has 0 amide bonds. The lowest BCUT2D eigenvalue weighted by Crippen LogP contribution is -2.25. The molecule has 0 radical (unpaired) electrons. The Balaban J connectivity index is 0. The maximum atomic E-state index is 9.39. The van der Waals surface area contributed by atoms with E-state index in [2.05, 4.69) is 27.7 Å². The zero-order valence-electron chi connectivity index (χ0n) is 12.5. The molecule has 0 aromatic carbocycles. The van der Waals surface area contributed by atoms with E-state index in [9.17, 15) is 5.11 Å². The highest BCUT2D eigenvalue weighted by Gasteiger charge is 2.20. The van der Waals surface area contributed by atoms with Crippen LogP contribution in [0.15, 0.2) is 0 Å². The highest BCUT2D eigenvalue weighted by Crippen LogP contribution is 2.22. The Morgan fingerprint density at radius 3 is 1.38 bits per heavy atom. The molecular formula is C14H32O2. The van der Waals surface area contributed by atoms with Gasteiger partial charge in [0.1, 0.15) is 0 Å². The Bertz CT molecular complexity index is 161. The van der Waals surface area contributed by atoms with Gasteiger partial charge in [-0.25, -0.2) is 0 Å². The number of aliphatic hydroxyl groups is 2. The molecule has 0 heterocycles. The fourth-order valence-electron chi connectivity index (χ4n) is 0.706.